The number of rotatable bonds is 5. The van der Waals surface area contributed by atoms with Crippen molar-refractivity contribution in [3.8, 4) is 0 Å². The number of likely N-dealkylation sites (tertiary alicyclic amines) is 1. The minimum atomic E-state index is -0.627. The quantitative estimate of drug-likeness (QED) is 0.877. The van der Waals surface area contributed by atoms with Crippen molar-refractivity contribution in [3.63, 3.8) is 0 Å². The predicted octanol–water partition coefficient (Wildman–Crippen LogP) is 2.62. The fourth-order valence-electron chi connectivity index (χ4n) is 3.03. The van der Waals surface area contributed by atoms with E-state index in [0.717, 1.165) is 43.5 Å². The van der Waals surface area contributed by atoms with Gasteiger partial charge in [-0.25, -0.2) is 4.39 Å². The van der Waals surface area contributed by atoms with Crippen molar-refractivity contribution in [2.45, 2.75) is 51.2 Å². The Kier molecular flexibility index (Phi) is 5.36. The Morgan fingerprint density at radius 3 is 2.62 bits per heavy atom. The number of β-amino-alcohol motifs (C(OH)–C–C–N with tert-alkyl or cyclic N) is 1. The number of benzene rings is 1. The van der Waals surface area contributed by atoms with E-state index >= 15 is 0 Å². The lowest BCUT2D eigenvalue weighted by molar-refractivity contribution is 0.00952. The summed E-state index contributed by atoms with van der Waals surface area (Å²) in [5.41, 5.74) is 6.81. The normalized spacial score (nSPS) is 20.4. The summed E-state index contributed by atoms with van der Waals surface area (Å²) in [6.07, 6.45) is 2.62. The zero-order chi connectivity index (χ0) is 15.5. The van der Waals surface area contributed by atoms with Crippen LogP contribution >= 0.6 is 0 Å². The molecule has 1 fully saturated rings. The molecule has 0 radical (unpaired) electrons. The first-order chi connectivity index (χ1) is 9.95. The zero-order valence-electron chi connectivity index (χ0n) is 13.1. The van der Waals surface area contributed by atoms with Gasteiger partial charge in [-0.05, 0) is 62.4 Å². The smallest absolute Gasteiger partial charge is 0.126 e. The number of aliphatic hydroxyl groups is 1. The number of hydrogen-bond acceptors (Lipinski definition) is 3. The Balaban J connectivity index is 1.98. The highest BCUT2D eigenvalue weighted by Crippen LogP contribution is 2.31. The van der Waals surface area contributed by atoms with E-state index in [4.69, 9.17) is 5.73 Å². The summed E-state index contributed by atoms with van der Waals surface area (Å²) in [4.78, 5) is 2.28. The first kappa shape index (κ1) is 16.4. The minimum absolute atomic E-state index is 0.119. The minimum Gasteiger partial charge on any atom is -0.389 e. The molecule has 3 nitrogen and oxygen atoms in total. The van der Waals surface area contributed by atoms with E-state index < -0.39 is 5.60 Å². The van der Waals surface area contributed by atoms with Gasteiger partial charge in [-0.2, -0.15) is 0 Å². The SMILES string of the molecule is CCC(C)(O)CN1CCC(c2cc(CN)ccc2F)CC1. The Morgan fingerprint density at radius 2 is 2.05 bits per heavy atom. The molecule has 0 amide bonds. The van der Waals surface area contributed by atoms with Crippen LogP contribution in [0.4, 0.5) is 4.39 Å². The van der Waals surface area contributed by atoms with Crippen molar-refractivity contribution in [2.75, 3.05) is 19.6 Å². The van der Waals surface area contributed by atoms with E-state index in [-0.39, 0.29) is 11.7 Å². The molecule has 1 saturated heterocycles. The lowest BCUT2D eigenvalue weighted by Gasteiger charge is -2.36. The van der Waals surface area contributed by atoms with Crippen molar-refractivity contribution >= 4 is 0 Å². The largest absolute Gasteiger partial charge is 0.389 e. The third kappa shape index (κ3) is 4.25. The molecule has 0 spiro atoms. The summed E-state index contributed by atoms with van der Waals surface area (Å²) in [7, 11) is 0. The van der Waals surface area contributed by atoms with Gasteiger partial charge in [0.05, 0.1) is 5.60 Å². The van der Waals surface area contributed by atoms with Gasteiger partial charge in [0.1, 0.15) is 5.82 Å². The lowest BCUT2D eigenvalue weighted by Crippen LogP contribution is -2.43. The Labute approximate surface area is 126 Å². The fourth-order valence-corrected chi connectivity index (χ4v) is 3.03. The molecule has 1 aromatic rings. The lowest BCUT2D eigenvalue weighted by atomic mass is 9.87. The second-order valence-electron chi connectivity index (χ2n) is 6.46. The van der Waals surface area contributed by atoms with E-state index in [1.54, 1.807) is 6.07 Å². The summed E-state index contributed by atoms with van der Waals surface area (Å²) in [6.45, 7) is 6.84. The molecule has 0 bridgehead atoms. The molecule has 1 heterocycles. The summed E-state index contributed by atoms with van der Waals surface area (Å²) < 4.78 is 14.0. The summed E-state index contributed by atoms with van der Waals surface area (Å²) >= 11 is 0. The second-order valence-corrected chi connectivity index (χ2v) is 6.46. The molecule has 118 valence electrons. The van der Waals surface area contributed by atoms with Crippen LogP contribution in [0, 0.1) is 5.82 Å². The maximum Gasteiger partial charge on any atom is 0.126 e. The first-order valence-electron chi connectivity index (χ1n) is 7.88. The average molecular weight is 294 g/mol. The van der Waals surface area contributed by atoms with Gasteiger partial charge >= 0.3 is 0 Å². The number of nitrogens with zero attached hydrogens (tertiary/aromatic N) is 1. The van der Waals surface area contributed by atoms with Crippen LogP contribution in [-0.4, -0.2) is 35.2 Å². The van der Waals surface area contributed by atoms with Crippen LogP contribution in [0.25, 0.3) is 0 Å². The van der Waals surface area contributed by atoms with Gasteiger partial charge in [0.15, 0.2) is 0 Å². The monoisotopic (exact) mass is 294 g/mol. The van der Waals surface area contributed by atoms with E-state index in [2.05, 4.69) is 4.90 Å². The van der Waals surface area contributed by atoms with Gasteiger partial charge in [-0.1, -0.05) is 19.1 Å². The van der Waals surface area contributed by atoms with Gasteiger partial charge in [0.2, 0.25) is 0 Å². The highest BCUT2D eigenvalue weighted by molar-refractivity contribution is 5.28. The molecule has 2 rings (SSSR count). The maximum atomic E-state index is 14.0. The average Bonchev–Trinajstić information content (AvgIpc) is 2.48. The maximum absolute atomic E-state index is 14.0. The molecular weight excluding hydrogens is 267 g/mol. The molecule has 0 aliphatic carbocycles. The van der Waals surface area contributed by atoms with Crippen molar-refractivity contribution in [3.05, 3.63) is 35.1 Å². The fraction of sp³-hybridized carbons (Fsp3) is 0.647. The van der Waals surface area contributed by atoms with Crippen LogP contribution in [0.5, 0.6) is 0 Å². The topological polar surface area (TPSA) is 49.5 Å². The highest BCUT2D eigenvalue weighted by Gasteiger charge is 2.27. The number of nitrogens with two attached hydrogens (primary N) is 1. The van der Waals surface area contributed by atoms with E-state index in [1.165, 1.54) is 6.07 Å². The third-order valence-electron chi connectivity index (χ3n) is 4.65. The summed E-state index contributed by atoms with van der Waals surface area (Å²) in [5.74, 6) is 0.144. The van der Waals surface area contributed by atoms with Crippen LogP contribution < -0.4 is 5.73 Å². The van der Waals surface area contributed by atoms with Gasteiger partial charge < -0.3 is 15.7 Å². The predicted molar refractivity (Wildman–Crippen MR) is 83.6 cm³/mol. The number of piperidine rings is 1. The van der Waals surface area contributed by atoms with E-state index in [9.17, 15) is 9.50 Å². The number of halogens is 1. The van der Waals surface area contributed by atoms with Crippen molar-refractivity contribution in [1.29, 1.82) is 0 Å². The van der Waals surface area contributed by atoms with Crippen molar-refractivity contribution in [1.82, 2.24) is 4.90 Å². The summed E-state index contributed by atoms with van der Waals surface area (Å²) in [5, 5.41) is 10.2. The van der Waals surface area contributed by atoms with Crippen LogP contribution in [0.1, 0.15) is 50.2 Å². The molecule has 3 N–H and O–H groups in total. The molecule has 1 aliphatic heterocycles. The van der Waals surface area contributed by atoms with Crippen LogP contribution in [0.3, 0.4) is 0 Å². The van der Waals surface area contributed by atoms with E-state index in [1.807, 2.05) is 19.9 Å². The third-order valence-corrected chi connectivity index (χ3v) is 4.65. The standard InChI is InChI=1S/C17H27FN2O/c1-3-17(2,21)12-20-8-6-14(7-9-20)15-10-13(11-19)4-5-16(15)18/h4-5,10,14,21H,3,6-9,11-12,19H2,1-2H3. The van der Waals surface area contributed by atoms with Crippen LogP contribution in [0.2, 0.25) is 0 Å². The second kappa shape index (κ2) is 6.86. The van der Waals surface area contributed by atoms with Gasteiger partial charge in [-0.3, -0.25) is 0 Å². The van der Waals surface area contributed by atoms with Gasteiger partial charge in [0, 0.05) is 13.1 Å². The van der Waals surface area contributed by atoms with Crippen LogP contribution in [0.15, 0.2) is 18.2 Å². The molecule has 1 aliphatic rings. The molecular formula is C17H27FN2O. The highest BCUT2D eigenvalue weighted by atomic mass is 19.1. The molecule has 4 heteroatoms. The first-order valence-corrected chi connectivity index (χ1v) is 7.88. The molecule has 0 aromatic heterocycles. The molecule has 21 heavy (non-hydrogen) atoms. The van der Waals surface area contributed by atoms with Crippen molar-refractivity contribution in [2.24, 2.45) is 5.73 Å². The van der Waals surface area contributed by atoms with Gasteiger partial charge in [0.25, 0.3) is 0 Å². The molecule has 1 aromatic carbocycles. The number of hydrogen-bond donors (Lipinski definition) is 2. The van der Waals surface area contributed by atoms with Crippen molar-refractivity contribution < 1.29 is 9.50 Å². The molecule has 1 atom stereocenters. The molecule has 1 unspecified atom stereocenters. The Bertz CT molecular complexity index is 468. The van der Waals surface area contributed by atoms with Gasteiger partial charge in [-0.15, -0.1) is 0 Å². The summed E-state index contributed by atoms with van der Waals surface area (Å²) in [6, 6.07) is 5.20. The van der Waals surface area contributed by atoms with E-state index in [0.29, 0.717) is 13.1 Å². The Hall–Kier alpha value is -0.970. The Morgan fingerprint density at radius 1 is 1.38 bits per heavy atom. The zero-order valence-corrected chi connectivity index (χ0v) is 13.1. The molecule has 0 saturated carbocycles. The van der Waals surface area contributed by atoms with Crippen LogP contribution in [-0.2, 0) is 6.54 Å².